The molecule has 3 aromatic rings. The maximum Gasteiger partial charge on any atom is 0.338 e. The highest BCUT2D eigenvalue weighted by Gasteiger charge is 2.34. The summed E-state index contributed by atoms with van der Waals surface area (Å²) in [5.74, 6) is -0.527. The van der Waals surface area contributed by atoms with E-state index >= 15 is 0 Å². The average Bonchev–Trinajstić information content (AvgIpc) is 3.26. The lowest BCUT2D eigenvalue weighted by Crippen LogP contribution is -2.49. The average molecular weight is 495 g/mol. The molecule has 0 saturated heterocycles. The molecule has 36 heavy (non-hydrogen) atoms. The Balaban J connectivity index is 1.71. The topological polar surface area (TPSA) is 85.7 Å². The van der Waals surface area contributed by atoms with Crippen molar-refractivity contribution in [3.8, 4) is 11.1 Å². The van der Waals surface area contributed by atoms with Crippen LogP contribution < -0.4 is 5.32 Å². The van der Waals surface area contributed by atoms with E-state index in [0.717, 1.165) is 22.5 Å². The number of aromatic nitrogens is 2. The summed E-state index contributed by atoms with van der Waals surface area (Å²) < 4.78 is 26.3. The standard InChI is InChI=1S/C27H31FN4O4/c1-16(2)30-25-10-23(17(3)11-29-25)19-9-24-26(33)32(21(15-35-4)14-31(24)12-19)13-18-8-20(28)6-7-22(18)27(34)36-5/h6-12,16,21H,13-15H2,1-5H3,(H,29,30)/t21-/m1/s1. The van der Waals surface area contributed by atoms with E-state index in [1.807, 2.05) is 49.9 Å². The zero-order chi connectivity index (χ0) is 26.0. The second kappa shape index (κ2) is 10.5. The number of aryl methyl sites for hydroxylation is 1. The van der Waals surface area contributed by atoms with E-state index in [1.165, 1.54) is 25.3 Å². The van der Waals surface area contributed by atoms with E-state index in [9.17, 15) is 14.0 Å². The van der Waals surface area contributed by atoms with Crippen molar-refractivity contribution < 1.29 is 23.5 Å². The molecule has 0 radical (unpaired) electrons. The van der Waals surface area contributed by atoms with Crippen LogP contribution in [-0.4, -0.2) is 59.2 Å². The Morgan fingerprint density at radius 1 is 1.25 bits per heavy atom. The van der Waals surface area contributed by atoms with E-state index in [1.54, 1.807) is 12.0 Å². The molecule has 1 amide bonds. The smallest absolute Gasteiger partial charge is 0.338 e. The number of pyridine rings is 1. The van der Waals surface area contributed by atoms with Crippen molar-refractivity contribution in [3.05, 3.63) is 70.9 Å². The first kappa shape index (κ1) is 25.4. The molecule has 1 aromatic carbocycles. The summed E-state index contributed by atoms with van der Waals surface area (Å²) in [6, 6.07) is 7.64. The van der Waals surface area contributed by atoms with Crippen LogP contribution in [0.15, 0.2) is 42.7 Å². The molecule has 1 N–H and O–H groups in total. The summed E-state index contributed by atoms with van der Waals surface area (Å²) in [6.45, 7) is 6.92. The molecule has 8 nitrogen and oxygen atoms in total. The molecular formula is C27H31FN4O4. The molecule has 3 heterocycles. The Labute approximate surface area is 210 Å². The minimum absolute atomic E-state index is 0.0479. The number of esters is 1. The highest BCUT2D eigenvalue weighted by Crippen LogP contribution is 2.31. The van der Waals surface area contributed by atoms with Gasteiger partial charge in [-0.15, -0.1) is 0 Å². The van der Waals surface area contributed by atoms with Gasteiger partial charge in [-0.2, -0.15) is 0 Å². The fourth-order valence-corrected chi connectivity index (χ4v) is 4.56. The fourth-order valence-electron chi connectivity index (χ4n) is 4.56. The van der Waals surface area contributed by atoms with Gasteiger partial charge in [0.15, 0.2) is 0 Å². The van der Waals surface area contributed by atoms with Crippen molar-refractivity contribution in [1.29, 1.82) is 0 Å². The molecule has 0 saturated carbocycles. The number of nitrogens with zero attached hydrogens (tertiary/aromatic N) is 3. The number of halogens is 1. The number of methoxy groups -OCH3 is 2. The van der Waals surface area contributed by atoms with E-state index in [0.29, 0.717) is 17.8 Å². The Morgan fingerprint density at radius 3 is 2.72 bits per heavy atom. The number of amides is 1. The maximum atomic E-state index is 14.1. The minimum atomic E-state index is -0.581. The van der Waals surface area contributed by atoms with Crippen molar-refractivity contribution in [2.45, 2.75) is 45.9 Å². The van der Waals surface area contributed by atoms with Gasteiger partial charge in [0.2, 0.25) is 0 Å². The zero-order valence-corrected chi connectivity index (χ0v) is 21.2. The van der Waals surface area contributed by atoms with Gasteiger partial charge in [-0.1, -0.05) is 0 Å². The summed E-state index contributed by atoms with van der Waals surface area (Å²) in [5.41, 5.74) is 4.00. The maximum absolute atomic E-state index is 14.1. The number of hydrogen-bond donors (Lipinski definition) is 1. The number of hydrogen-bond acceptors (Lipinski definition) is 6. The monoisotopic (exact) mass is 494 g/mol. The summed E-state index contributed by atoms with van der Waals surface area (Å²) in [5, 5.41) is 3.32. The van der Waals surface area contributed by atoms with Gasteiger partial charge in [-0.05, 0) is 67.8 Å². The van der Waals surface area contributed by atoms with Crippen molar-refractivity contribution in [2.75, 3.05) is 26.1 Å². The largest absolute Gasteiger partial charge is 0.465 e. The van der Waals surface area contributed by atoms with E-state index in [-0.39, 0.29) is 36.7 Å². The lowest BCUT2D eigenvalue weighted by Gasteiger charge is -2.36. The molecule has 0 spiro atoms. The van der Waals surface area contributed by atoms with Crippen LogP contribution in [0.4, 0.5) is 10.2 Å². The minimum Gasteiger partial charge on any atom is -0.465 e. The Kier molecular flexibility index (Phi) is 7.40. The third-order valence-corrected chi connectivity index (χ3v) is 6.25. The molecule has 1 atom stereocenters. The molecule has 9 heteroatoms. The molecule has 0 unspecified atom stereocenters. The second-order valence-corrected chi connectivity index (χ2v) is 9.29. The third-order valence-electron chi connectivity index (χ3n) is 6.25. The normalized spacial score (nSPS) is 15.2. The lowest BCUT2D eigenvalue weighted by molar-refractivity contribution is 0.0383. The van der Waals surface area contributed by atoms with E-state index in [2.05, 4.69) is 10.3 Å². The predicted molar refractivity (Wildman–Crippen MR) is 134 cm³/mol. The summed E-state index contributed by atoms with van der Waals surface area (Å²) >= 11 is 0. The molecule has 0 aliphatic carbocycles. The van der Waals surface area contributed by atoms with Gasteiger partial charge in [-0.25, -0.2) is 14.2 Å². The van der Waals surface area contributed by atoms with Gasteiger partial charge < -0.3 is 24.3 Å². The first-order valence-corrected chi connectivity index (χ1v) is 11.8. The highest BCUT2D eigenvalue weighted by atomic mass is 19.1. The van der Waals surface area contributed by atoms with Crippen LogP contribution >= 0.6 is 0 Å². The second-order valence-electron chi connectivity index (χ2n) is 9.29. The zero-order valence-electron chi connectivity index (χ0n) is 21.2. The van der Waals surface area contributed by atoms with Crippen LogP contribution in [0.3, 0.4) is 0 Å². The molecular weight excluding hydrogens is 463 g/mol. The van der Waals surface area contributed by atoms with Crippen molar-refractivity contribution >= 4 is 17.7 Å². The molecule has 1 aliphatic rings. The quantitative estimate of drug-likeness (QED) is 0.471. The Hall–Kier alpha value is -3.72. The molecule has 4 rings (SSSR count). The summed E-state index contributed by atoms with van der Waals surface area (Å²) in [4.78, 5) is 32.1. The van der Waals surface area contributed by atoms with Crippen molar-refractivity contribution in [1.82, 2.24) is 14.5 Å². The predicted octanol–water partition coefficient (Wildman–Crippen LogP) is 4.28. The van der Waals surface area contributed by atoms with Gasteiger partial charge in [0.25, 0.3) is 5.91 Å². The van der Waals surface area contributed by atoms with Crippen LogP contribution in [0.2, 0.25) is 0 Å². The van der Waals surface area contributed by atoms with E-state index < -0.39 is 11.8 Å². The SMILES string of the molecule is COC[C@H]1Cn2cc(-c3cc(NC(C)C)ncc3C)cc2C(=O)N1Cc1cc(F)ccc1C(=O)OC. The summed E-state index contributed by atoms with van der Waals surface area (Å²) in [6.07, 6.45) is 3.79. The first-order valence-electron chi connectivity index (χ1n) is 11.8. The molecule has 2 aromatic heterocycles. The number of nitrogens with one attached hydrogen (secondary N) is 1. The fraction of sp³-hybridized carbons (Fsp3) is 0.370. The first-order chi connectivity index (χ1) is 17.2. The summed E-state index contributed by atoms with van der Waals surface area (Å²) in [7, 11) is 2.84. The number of fused-ring (bicyclic) bond motifs is 1. The third kappa shape index (κ3) is 5.11. The van der Waals surface area contributed by atoms with Gasteiger partial charge in [0, 0.05) is 44.2 Å². The molecule has 0 fully saturated rings. The highest BCUT2D eigenvalue weighted by molar-refractivity contribution is 5.96. The van der Waals surface area contributed by atoms with E-state index in [4.69, 9.17) is 9.47 Å². The van der Waals surface area contributed by atoms with Gasteiger partial charge in [-0.3, -0.25) is 4.79 Å². The lowest BCUT2D eigenvalue weighted by atomic mass is 10.0. The Bertz CT molecular complexity index is 1290. The Morgan fingerprint density at radius 2 is 2.03 bits per heavy atom. The molecule has 1 aliphatic heterocycles. The molecule has 0 bridgehead atoms. The van der Waals surface area contributed by atoms with Crippen molar-refractivity contribution in [2.24, 2.45) is 0 Å². The van der Waals surface area contributed by atoms with Gasteiger partial charge >= 0.3 is 5.97 Å². The van der Waals surface area contributed by atoms with Gasteiger partial charge in [0.1, 0.15) is 17.3 Å². The molecule has 190 valence electrons. The number of ether oxygens (including phenoxy) is 2. The van der Waals surface area contributed by atoms with Crippen LogP contribution in [0.5, 0.6) is 0 Å². The van der Waals surface area contributed by atoms with Crippen LogP contribution in [-0.2, 0) is 22.6 Å². The van der Waals surface area contributed by atoms with Crippen molar-refractivity contribution in [3.63, 3.8) is 0 Å². The number of carbonyl (C=O) groups excluding carboxylic acids is 2. The number of benzene rings is 1. The van der Waals surface area contributed by atoms with Crippen LogP contribution in [0.1, 0.15) is 45.8 Å². The number of carbonyl (C=O) groups is 2. The van der Waals surface area contributed by atoms with Gasteiger partial charge in [0.05, 0.1) is 25.3 Å². The van der Waals surface area contributed by atoms with Crippen LogP contribution in [0, 0.1) is 12.7 Å². The number of anilines is 1. The number of rotatable bonds is 8. The van der Waals surface area contributed by atoms with Crippen LogP contribution in [0.25, 0.3) is 11.1 Å².